The number of nitriles is 1. The molecule has 0 spiro atoms. The maximum atomic E-state index is 11.6. The fourth-order valence-electron chi connectivity index (χ4n) is 1.00. The number of hydrogen-bond acceptors (Lipinski definition) is 5. The molecular weight excluding hydrogens is 241 g/mol. The van der Waals surface area contributed by atoms with Crippen LogP contribution in [-0.4, -0.2) is 30.8 Å². The molecule has 5 nitrogen and oxygen atoms in total. The van der Waals surface area contributed by atoms with E-state index in [9.17, 15) is 9.59 Å². The van der Waals surface area contributed by atoms with Gasteiger partial charge >= 0.3 is 11.4 Å². The van der Waals surface area contributed by atoms with E-state index in [4.69, 9.17) is 14.7 Å². The van der Waals surface area contributed by atoms with Gasteiger partial charge in [0.25, 0.3) is 0 Å². The highest BCUT2D eigenvalue weighted by atomic mass is 31.1. The summed E-state index contributed by atoms with van der Waals surface area (Å²) in [6.45, 7) is 4.21. The van der Waals surface area contributed by atoms with E-state index in [2.05, 4.69) is 0 Å². The molecule has 0 saturated carbocycles. The zero-order valence-corrected chi connectivity index (χ0v) is 11.2. The summed E-state index contributed by atoms with van der Waals surface area (Å²) in [6, 6.07) is 1.92. The van der Waals surface area contributed by atoms with Gasteiger partial charge in [-0.25, -0.2) is 9.59 Å². The van der Waals surface area contributed by atoms with E-state index in [1.165, 1.54) is 0 Å². The van der Waals surface area contributed by atoms with E-state index in [1.807, 2.05) is 13.0 Å². The fourth-order valence-corrected chi connectivity index (χ4v) is 2.37. The maximum Gasteiger partial charge on any atom is 0.337 e. The summed E-state index contributed by atoms with van der Waals surface area (Å²) >= 11 is 0. The first-order valence-electron chi connectivity index (χ1n) is 5.65. The van der Waals surface area contributed by atoms with Crippen molar-refractivity contribution in [3.05, 3.63) is 0 Å². The van der Waals surface area contributed by atoms with Gasteiger partial charge in [0.2, 0.25) is 0 Å². The Hall–Kier alpha value is -1.14. The van der Waals surface area contributed by atoms with Crippen LogP contribution in [0.4, 0.5) is 9.59 Å². The van der Waals surface area contributed by atoms with Crippen LogP contribution in [0.15, 0.2) is 0 Å². The molecule has 0 radical (unpaired) electrons. The molecule has 0 aromatic carbocycles. The molecule has 1 unspecified atom stereocenters. The first kappa shape index (κ1) is 15.9. The van der Waals surface area contributed by atoms with E-state index >= 15 is 0 Å². The molecule has 0 aromatic rings. The van der Waals surface area contributed by atoms with Gasteiger partial charge in [-0.2, -0.15) is 5.26 Å². The fraction of sp³-hybridized carbons (Fsp3) is 0.727. The molecule has 17 heavy (non-hydrogen) atoms. The van der Waals surface area contributed by atoms with Crippen molar-refractivity contribution in [3.8, 4) is 6.07 Å². The van der Waals surface area contributed by atoms with Crippen LogP contribution in [0.2, 0.25) is 0 Å². The molecule has 0 fully saturated rings. The van der Waals surface area contributed by atoms with E-state index in [-0.39, 0.29) is 19.2 Å². The topological polar surface area (TPSA) is 76.4 Å². The summed E-state index contributed by atoms with van der Waals surface area (Å²) in [4.78, 5) is 23.2. The van der Waals surface area contributed by atoms with Crippen molar-refractivity contribution >= 4 is 19.3 Å². The van der Waals surface area contributed by atoms with Gasteiger partial charge in [-0.3, -0.25) is 0 Å². The molecular formula is C11H18NO4P. The smallest absolute Gasteiger partial charge is 0.337 e. The van der Waals surface area contributed by atoms with Gasteiger partial charge in [0.1, 0.15) is 7.92 Å². The highest BCUT2D eigenvalue weighted by molar-refractivity contribution is 7.88. The second kappa shape index (κ2) is 10.0. The third-order valence-corrected chi connectivity index (χ3v) is 3.69. The Bertz CT molecular complexity index is 288. The molecule has 1 atom stereocenters. The minimum Gasteiger partial charge on any atom is -0.462 e. The van der Waals surface area contributed by atoms with Gasteiger partial charge < -0.3 is 9.47 Å². The Kier molecular flexibility index (Phi) is 9.37. The number of carbonyl (C=O) groups is 2. The lowest BCUT2D eigenvalue weighted by Crippen LogP contribution is -2.12. The monoisotopic (exact) mass is 259 g/mol. The van der Waals surface area contributed by atoms with Crippen molar-refractivity contribution in [1.82, 2.24) is 0 Å². The summed E-state index contributed by atoms with van der Waals surface area (Å²) in [7, 11) is -1.66. The van der Waals surface area contributed by atoms with E-state index in [0.29, 0.717) is 6.61 Å². The van der Waals surface area contributed by atoms with Crippen LogP contribution in [0.1, 0.15) is 33.1 Å². The molecule has 0 aliphatic heterocycles. The van der Waals surface area contributed by atoms with Gasteiger partial charge in [0.05, 0.1) is 19.3 Å². The number of unbranched alkanes of at least 4 members (excludes halogenated alkanes) is 1. The second-order valence-corrected chi connectivity index (χ2v) is 5.26. The lowest BCUT2D eigenvalue weighted by molar-refractivity contribution is 0.168. The molecule has 0 bridgehead atoms. The van der Waals surface area contributed by atoms with Crippen molar-refractivity contribution in [2.75, 3.05) is 19.4 Å². The van der Waals surface area contributed by atoms with Gasteiger partial charge in [-0.05, 0) is 13.3 Å². The van der Waals surface area contributed by atoms with Crippen LogP contribution in [-0.2, 0) is 9.47 Å². The van der Waals surface area contributed by atoms with Gasteiger partial charge in [0.15, 0.2) is 0 Å². The molecule has 0 amide bonds. The lowest BCUT2D eigenvalue weighted by atomic mass is 10.4. The lowest BCUT2D eigenvalue weighted by Gasteiger charge is -2.13. The van der Waals surface area contributed by atoms with Crippen LogP contribution in [0.3, 0.4) is 0 Å². The molecule has 96 valence electrons. The normalized spacial score (nSPS) is 11.4. The third-order valence-electron chi connectivity index (χ3n) is 1.88. The SMILES string of the molecule is CCCCOC(=O)P(CCC#N)C(=O)OCC. The second-order valence-electron chi connectivity index (χ2n) is 3.23. The highest BCUT2D eigenvalue weighted by Crippen LogP contribution is 2.40. The standard InChI is InChI=1S/C11H18NO4P/c1-3-5-8-16-11(14)17(9-6-7-12)10(13)15-4-2/h3-6,8-9H2,1-2H3. The number of ether oxygens (including phenoxy) is 2. The van der Waals surface area contributed by atoms with Gasteiger partial charge in [-0.1, -0.05) is 13.3 Å². The van der Waals surface area contributed by atoms with E-state index in [1.54, 1.807) is 6.92 Å². The summed E-state index contributed by atoms with van der Waals surface area (Å²) in [5, 5.41) is 8.48. The van der Waals surface area contributed by atoms with Crippen LogP contribution in [0.25, 0.3) is 0 Å². The molecule has 0 N–H and O–H groups in total. The molecule has 0 aliphatic rings. The molecule has 0 saturated heterocycles. The van der Waals surface area contributed by atoms with Crippen LogP contribution in [0, 0.1) is 11.3 Å². The van der Waals surface area contributed by atoms with Crippen molar-refractivity contribution < 1.29 is 19.1 Å². The molecule has 0 rings (SSSR count). The van der Waals surface area contributed by atoms with E-state index < -0.39 is 19.3 Å². The van der Waals surface area contributed by atoms with Gasteiger partial charge in [0, 0.05) is 12.6 Å². The molecule has 0 heterocycles. The quantitative estimate of drug-likeness (QED) is 0.492. The Morgan fingerprint density at radius 3 is 2.41 bits per heavy atom. The zero-order valence-electron chi connectivity index (χ0n) is 10.3. The van der Waals surface area contributed by atoms with E-state index in [0.717, 1.165) is 12.8 Å². The number of rotatable bonds is 8. The largest absolute Gasteiger partial charge is 0.462 e. The number of carbonyl (C=O) groups excluding carboxylic acids is 2. The predicted octanol–water partition coefficient (Wildman–Crippen LogP) is 3.48. The Morgan fingerprint density at radius 2 is 1.88 bits per heavy atom. The van der Waals surface area contributed by atoms with Crippen LogP contribution in [0.5, 0.6) is 0 Å². The van der Waals surface area contributed by atoms with Crippen molar-refractivity contribution in [3.63, 3.8) is 0 Å². The average Bonchev–Trinajstić information content (AvgIpc) is 2.30. The molecule has 0 aliphatic carbocycles. The van der Waals surface area contributed by atoms with Crippen LogP contribution >= 0.6 is 7.92 Å². The number of nitrogens with zero attached hydrogens (tertiary/aromatic N) is 1. The summed E-state index contributed by atoms with van der Waals surface area (Å²) in [5.41, 5.74) is -1.07. The predicted molar refractivity (Wildman–Crippen MR) is 65.3 cm³/mol. The Morgan fingerprint density at radius 1 is 1.24 bits per heavy atom. The first-order chi connectivity index (χ1) is 8.17. The Balaban J connectivity index is 4.29. The maximum absolute atomic E-state index is 11.6. The van der Waals surface area contributed by atoms with Gasteiger partial charge in [-0.15, -0.1) is 0 Å². The van der Waals surface area contributed by atoms with Crippen molar-refractivity contribution in [2.24, 2.45) is 0 Å². The van der Waals surface area contributed by atoms with Crippen molar-refractivity contribution in [1.29, 1.82) is 5.26 Å². The number of hydrogen-bond donors (Lipinski definition) is 0. The highest BCUT2D eigenvalue weighted by Gasteiger charge is 2.28. The summed E-state index contributed by atoms with van der Waals surface area (Å²) in [6.07, 6.45) is 2.07. The minimum atomic E-state index is -1.66. The first-order valence-corrected chi connectivity index (χ1v) is 7.18. The zero-order chi connectivity index (χ0) is 13.1. The Labute approximate surface area is 103 Å². The summed E-state index contributed by atoms with van der Waals surface area (Å²) < 4.78 is 9.80. The molecule has 6 heteroatoms. The third kappa shape index (κ3) is 6.91. The summed E-state index contributed by atoms with van der Waals surface area (Å²) in [5.74, 6) is 0. The van der Waals surface area contributed by atoms with Crippen LogP contribution < -0.4 is 0 Å². The minimum absolute atomic E-state index is 0.160. The molecule has 0 aromatic heterocycles. The van der Waals surface area contributed by atoms with Crippen molar-refractivity contribution in [2.45, 2.75) is 33.1 Å². The average molecular weight is 259 g/mol.